The topological polar surface area (TPSA) is 36.1 Å². The van der Waals surface area contributed by atoms with Gasteiger partial charge in [-0.1, -0.05) is 48.6 Å². The standard InChI is InChI=1S/C40H32N4O2/c1-2-10-34-33(9-1)39(43-19-17-41(27-43)25-29-13-15-37-31(23-29)7-5-21-45-37)35-11-3-4-12-36(35)40(34)44-20-18-42(28-44)26-30-14-16-38-32(24-30)8-6-22-46-38/h1-20,23-24,27-28H,21-22,25-26H2/q+2. The van der Waals surface area contributed by atoms with Gasteiger partial charge in [0.2, 0.25) is 12.7 Å². The van der Waals surface area contributed by atoms with Gasteiger partial charge in [-0.25, -0.2) is 18.3 Å². The zero-order valence-corrected chi connectivity index (χ0v) is 25.3. The second-order valence-corrected chi connectivity index (χ2v) is 11.9. The monoisotopic (exact) mass is 600 g/mol. The van der Waals surface area contributed by atoms with Crippen LogP contribution in [0.5, 0.6) is 11.5 Å². The molecule has 0 fully saturated rings. The molecule has 0 N–H and O–H groups in total. The normalized spacial score (nSPS) is 13.4. The predicted molar refractivity (Wildman–Crippen MR) is 181 cm³/mol. The lowest BCUT2D eigenvalue weighted by atomic mass is 9.98. The minimum absolute atomic E-state index is 0.637. The third kappa shape index (κ3) is 4.66. The molecule has 0 saturated carbocycles. The Labute approximate surface area is 266 Å². The lowest BCUT2D eigenvalue weighted by molar-refractivity contribution is -0.687. The van der Waals surface area contributed by atoms with Crippen LogP contribution in [0.25, 0.3) is 45.1 Å². The summed E-state index contributed by atoms with van der Waals surface area (Å²) >= 11 is 0. The van der Waals surface area contributed by atoms with E-state index in [9.17, 15) is 0 Å². The molecule has 0 aliphatic carbocycles. The summed E-state index contributed by atoms with van der Waals surface area (Å²) in [6.45, 7) is 2.83. The number of rotatable bonds is 6. The molecule has 6 heteroatoms. The van der Waals surface area contributed by atoms with Crippen LogP contribution in [-0.2, 0) is 13.1 Å². The molecule has 0 spiro atoms. The molecule has 2 aliphatic rings. The average Bonchev–Trinajstić information content (AvgIpc) is 3.76. The Morgan fingerprint density at radius 2 is 0.978 bits per heavy atom. The summed E-state index contributed by atoms with van der Waals surface area (Å²) in [7, 11) is 0. The van der Waals surface area contributed by atoms with Gasteiger partial charge in [-0.3, -0.25) is 0 Å². The first-order valence-corrected chi connectivity index (χ1v) is 15.7. The maximum absolute atomic E-state index is 5.75. The maximum atomic E-state index is 5.75. The molecule has 2 aromatic heterocycles. The van der Waals surface area contributed by atoms with E-state index >= 15 is 0 Å². The van der Waals surface area contributed by atoms with Crippen LogP contribution in [0.15, 0.2) is 135 Å². The van der Waals surface area contributed by atoms with Crippen molar-refractivity contribution < 1.29 is 18.6 Å². The molecule has 222 valence electrons. The number of hydrogen-bond donors (Lipinski definition) is 0. The maximum Gasteiger partial charge on any atom is 0.249 e. The van der Waals surface area contributed by atoms with Crippen LogP contribution < -0.4 is 18.6 Å². The number of fused-ring (bicyclic) bond motifs is 4. The molecule has 4 heterocycles. The average molecular weight is 601 g/mol. The number of benzene rings is 5. The van der Waals surface area contributed by atoms with Crippen molar-refractivity contribution in [3.05, 3.63) is 157 Å². The highest BCUT2D eigenvalue weighted by Gasteiger charge is 2.23. The highest BCUT2D eigenvalue weighted by atomic mass is 16.5. The second-order valence-electron chi connectivity index (χ2n) is 11.9. The zero-order valence-electron chi connectivity index (χ0n) is 25.3. The molecule has 46 heavy (non-hydrogen) atoms. The van der Waals surface area contributed by atoms with Crippen LogP contribution in [0.3, 0.4) is 0 Å². The first-order valence-electron chi connectivity index (χ1n) is 15.7. The Bertz CT molecular complexity index is 2120. The SMILES string of the molecule is C1=Cc2cc(C[n+]3ccn(-c4c5ccccc5c(-n5cc[n+](Cc6ccc7c(c6)C=CCO7)c5)c5ccccc45)c3)ccc2OC1. The number of imidazole rings is 2. The van der Waals surface area contributed by atoms with E-state index in [0.29, 0.717) is 13.2 Å². The highest BCUT2D eigenvalue weighted by Crippen LogP contribution is 2.37. The fourth-order valence-corrected chi connectivity index (χ4v) is 6.84. The molecular weight excluding hydrogens is 568 g/mol. The molecule has 2 aliphatic heterocycles. The van der Waals surface area contributed by atoms with Gasteiger partial charge in [0, 0.05) is 32.7 Å². The van der Waals surface area contributed by atoms with E-state index in [1.807, 2.05) is 0 Å². The van der Waals surface area contributed by atoms with E-state index in [0.717, 1.165) is 35.7 Å². The molecule has 0 saturated heterocycles. The summed E-state index contributed by atoms with van der Waals surface area (Å²) in [5, 5.41) is 4.82. The van der Waals surface area contributed by atoms with E-state index in [4.69, 9.17) is 9.47 Å². The molecule has 9 rings (SSSR count). The summed E-state index contributed by atoms with van der Waals surface area (Å²) in [5.41, 5.74) is 7.11. The minimum Gasteiger partial charge on any atom is -0.489 e. The summed E-state index contributed by atoms with van der Waals surface area (Å²) in [5.74, 6) is 1.90. The zero-order chi connectivity index (χ0) is 30.5. The molecule has 7 aromatic rings. The van der Waals surface area contributed by atoms with E-state index in [-0.39, 0.29) is 0 Å². The van der Waals surface area contributed by atoms with E-state index in [2.05, 4.69) is 165 Å². The predicted octanol–water partition coefficient (Wildman–Crippen LogP) is 7.06. The van der Waals surface area contributed by atoms with Crippen molar-refractivity contribution in [2.24, 2.45) is 0 Å². The first kappa shape index (κ1) is 26.5. The van der Waals surface area contributed by atoms with Gasteiger partial charge in [0.25, 0.3) is 0 Å². The van der Waals surface area contributed by atoms with Gasteiger partial charge < -0.3 is 9.47 Å². The smallest absolute Gasteiger partial charge is 0.249 e. The Morgan fingerprint density at radius 1 is 0.543 bits per heavy atom. The second kappa shape index (κ2) is 10.9. The van der Waals surface area contributed by atoms with Crippen LogP contribution >= 0.6 is 0 Å². The van der Waals surface area contributed by atoms with Crippen molar-refractivity contribution in [2.45, 2.75) is 13.1 Å². The quantitative estimate of drug-likeness (QED) is 0.151. The number of hydrogen-bond acceptors (Lipinski definition) is 2. The van der Waals surface area contributed by atoms with Crippen molar-refractivity contribution >= 4 is 33.7 Å². The lowest BCUT2D eigenvalue weighted by Crippen LogP contribution is -2.31. The molecule has 0 radical (unpaired) electrons. The first-order chi connectivity index (χ1) is 22.8. The fraction of sp³-hybridized carbons (Fsp3) is 0.100. The van der Waals surface area contributed by atoms with E-state index in [1.165, 1.54) is 44.0 Å². The van der Waals surface area contributed by atoms with Gasteiger partial charge in [-0.05, 0) is 71.8 Å². The Hall–Kier alpha value is -5.88. The third-order valence-electron chi connectivity index (χ3n) is 8.92. The molecule has 0 amide bonds. The van der Waals surface area contributed by atoms with Crippen molar-refractivity contribution in [3.63, 3.8) is 0 Å². The molecule has 5 aromatic carbocycles. The third-order valence-corrected chi connectivity index (χ3v) is 8.92. The van der Waals surface area contributed by atoms with Gasteiger partial charge in [-0.2, -0.15) is 0 Å². The van der Waals surface area contributed by atoms with Gasteiger partial charge in [0.05, 0.1) is 0 Å². The number of ether oxygens (including phenoxy) is 2. The number of nitrogens with zero attached hydrogens (tertiary/aromatic N) is 4. The van der Waals surface area contributed by atoms with Gasteiger partial charge in [0.1, 0.15) is 74.0 Å². The van der Waals surface area contributed by atoms with Crippen molar-refractivity contribution in [2.75, 3.05) is 13.2 Å². The molecule has 0 atom stereocenters. The van der Waals surface area contributed by atoms with Gasteiger partial charge >= 0.3 is 0 Å². The van der Waals surface area contributed by atoms with Crippen LogP contribution in [0.1, 0.15) is 22.3 Å². The molecule has 0 unspecified atom stereocenters. The Balaban J connectivity index is 1.10. The van der Waals surface area contributed by atoms with Crippen molar-refractivity contribution in [1.29, 1.82) is 0 Å². The Morgan fingerprint density at radius 3 is 1.41 bits per heavy atom. The van der Waals surface area contributed by atoms with Crippen LogP contribution in [0.4, 0.5) is 0 Å². The Kier molecular flexibility index (Phi) is 6.30. The van der Waals surface area contributed by atoms with Crippen molar-refractivity contribution in [1.82, 2.24) is 9.13 Å². The van der Waals surface area contributed by atoms with Crippen LogP contribution in [-0.4, -0.2) is 22.3 Å². The summed E-state index contributed by atoms with van der Waals surface area (Å²) in [4.78, 5) is 0. The van der Waals surface area contributed by atoms with Gasteiger partial charge in [0.15, 0.2) is 0 Å². The van der Waals surface area contributed by atoms with Crippen LogP contribution in [0, 0.1) is 0 Å². The summed E-state index contributed by atoms with van der Waals surface area (Å²) < 4.78 is 20.5. The summed E-state index contributed by atoms with van der Waals surface area (Å²) in [6, 6.07) is 30.4. The minimum atomic E-state index is 0.637. The van der Waals surface area contributed by atoms with E-state index < -0.39 is 0 Å². The van der Waals surface area contributed by atoms with Crippen LogP contribution in [0.2, 0.25) is 0 Å². The van der Waals surface area contributed by atoms with E-state index in [1.54, 1.807) is 0 Å². The highest BCUT2D eigenvalue weighted by molar-refractivity contribution is 6.14. The van der Waals surface area contributed by atoms with Crippen molar-refractivity contribution in [3.8, 4) is 22.9 Å². The largest absolute Gasteiger partial charge is 0.489 e. The molecule has 6 nitrogen and oxygen atoms in total. The lowest BCUT2D eigenvalue weighted by Gasteiger charge is -2.13. The molecular formula is C40H32N4O2+2. The van der Waals surface area contributed by atoms with Gasteiger partial charge in [-0.15, -0.1) is 0 Å². The summed E-state index contributed by atoms with van der Waals surface area (Å²) in [6.07, 6.45) is 21.4. The molecule has 0 bridgehead atoms. The number of aromatic nitrogens is 4. The fourth-order valence-electron chi connectivity index (χ4n) is 6.84.